The van der Waals surface area contributed by atoms with Crippen molar-refractivity contribution in [3.05, 3.63) is 15.6 Å². The molecule has 0 aliphatic heterocycles. The molecular weight excluding hydrogens is 228 g/mol. The normalized spacial score (nSPS) is 17.2. The Bertz CT molecular complexity index is 351. The molecule has 0 saturated heterocycles. The summed E-state index contributed by atoms with van der Waals surface area (Å²) >= 11 is 1.90. The number of aromatic nitrogens is 1. The zero-order valence-corrected chi connectivity index (χ0v) is 12.1. The molecule has 17 heavy (non-hydrogen) atoms. The van der Waals surface area contributed by atoms with E-state index in [1.54, 1.807) is 0 Å². The summed E-state index contributed by atoms with van der Waals surface area (Å²) in [7, 11) is 0. The van der Waals surface area contributed by atoms with Gasteiger partial charge in [0.25, 0.3) is 0 Å². The first-order valence-corrected chi connectivity index (χ1v) is 7.74. The average molecular weight is 252 g/mol. The van der Waals surface area contributed by atoms with E-state index in [2.05, 4.69) is 26.1 Å². The Labute approximate surface area is 109 Å². The van der Waals surface area contributed by atoms with Gasteiger partial charge in [0.2, 0.25) is 0 Å². The molecule has 0 radical (unpaired) electrons. The third-order valence-corrected chi connectivity index (χ3v) is 4.93. The third-order valence-electron chi connectivity index (χ3n) is 3.53. The molecule has 0 spiro atoms. The van der Waals surface area contributed by atoms with Crippen LogP contribution in [0.1, 0.15) is 68.0 Å². The van der Waals surface area contributed by atoms with E-state index in [-0.39, 0.29) is 0 Å². The van der Waals surface area contributed by atoms with Crippen molar-refractivity contribution in [3.8, 4) is 0 Å². The summed E-state index contributed by atoms with van der Waals surface area (Å²) < 4.78 is 0. The molecule has 0 atom stereocenters. The van der Waals surface area contributed by atoms with Crippen LogP contribution < -0.4 is 5.32 Å². The maximum absolute atomic E-state index is 4.75. The van der Waals surface area contributed by atoms with Gasteiger partial charge in [0.1, 0.15) is 0 Å². The molecular formula is C14H24N2S. The predicted molar refractivity (Wildman–Crippen MR) is 74.7 cm³/mol. The summed E-state index contributed by atoms with van der Waals surface area (Å²) in [5, 5.41) is 4.99. The molecule has 1 N–H and O–H groups in total. The lowest BCUT2D eigenvalue weighted by atomic mass is 10.2. The smallest absolute Gasteiger partial charge is 0.0957 e. The van der Waals surface area contributed by atoms with Crippen LogP contribution >= 0.6 is 11.3 Å². The van der Waals surface area contributed by atoms with Crippen molar-refractivity contribution >= 4 is 11.3 Å². The van der Waals surface area contributed by atoms with Crippen molar-refractivity contribution in [2.24, 2.45) is 0 Å². The Morgan fingerprint density at radius 1 is 1.35 bits per heavy atom. The quantitative estimate of drug-likeness (QED) is 0.860. The van der Waals surface area contributed by atoms with Gasteiger partial charge in [0.05, 0.1) is 10.7 Å². The van der Waals surface area contributed by atoms with E-state index in [1.807, 2.05) is 11.3 Å². The molecule has 1 saturated carbocycles. The first-order valence-electron chi connectivity index (χ1n) is 6.92. The highest BCUT2D eigenvalue weighted by Crippen LogP contribution is 2.26. The van der Waals surface area contributed by atoms with Gasteiger partial charge in [-0.2, -0.15) is 0 Å². The minimum atomic E-state index is 0.561. The molecule has 3 heteroatoms. The Morgan fingerprint density at radius 3 is 2.65 bits per heavy atom. The SMILES string of the molecule is CCc1nc(C(C)C)sc1CNC1CCCC1. The Kier molecular flexibility index (Phi) is 4.57. The molecule has 1 fully saturated rings. The van der Waals surface area contributed by atoms with Gasteiger partial charge >= 0.3 is 0 Å². The van der Waals surface area contributed by atoms with E-state index in [0.29, 0.717) is 5.92 Å². The van der Waals surface area contributed by atoms with Gasteiger partial charge in [-0.25, -0.2) is 4.98 Å². The number of hydrogen-bond donors (Lipinski definition) is 1. The van der Waals surface area contributed by atoms with Crippen LogP contribution in [0.25, 0.3) is 0 Å². The van der Waals surface area contributed by atoms with Crippen molar-refractivity contribution in [1.29, 1.82) is 0 Å². The second-order valence-corrected chi connectivity index (χ2v) is 6.41. The van der Waals surface area contributed by atoms with E-state index >= 15 is 0 Å². The number of rotatable bonds is 5. The van der Waals surface area contributed by atoms with Gasteiger partial charge in [-0.3, -0.25) is 0 Å². The van der Waals surface area contributed by atoms with Crippen LogP contribution in [0, 0.1) is 0 Å². The van der Waals surface area contributed by atoms with Crippen molar-refractivity contribution in [2.45, 2.75) is 71.4 Å². The lowest BCUT2D eigenvalue weighted by Crippen LogP contribution is -2.25. The monoisotopic (exact) mass is 252 g/mol. The maximum atomic E-state index is 4.75. The molecule has 1 heterocycles. The topological polar surface area (TPSA) is 24.9 Å². The van der Waals surface area contributed by atoms with Gasteiger partial charge in [-0.1, -0.05) is 33.6 Å². The van der Waals surface area contributed by atoms with Crippen molar-refractivity contribution in [3.63, 3.8) is 0 Å². The standard InChI is InChI=1S/C14H24N2S/c1-4-12-13(17-14(16-12)10(2)3)9-15-11-7-5-6-8-11/h10-11,15H,4-9H2,1-3H3. The molecule has 0 amide bonds. The zero-order valence-electron chi connectivity index (χ0n) is 11.3. The second kappa shape index (κ2) is 5.96. The number of nitrogens with zero attached hydrogens (tertiary/aromatic N) is 1. The molecule has 0 aromatic carbocycles. The summed E-state index contributed by atoms with van der Waals surface area (Å²) in [6, 6.07) is 0.754. The van der Waals surface area contributed by atoms with Crippen molar-refractivity contribution < 1.29 is 0 Å². The fourth-order valence-electron chi connectivity index (χ4n) is 2.43. The predicted octanol–water partition coefficient (Wildman–Crippen LogP) is 3.86. The fourth-order valence-corrected chi connectivity index (χ4v) is 3.54. The molecule has 1 aliphatic carbocycles. The maximum Gasteiger partial charge on any atom is 0.0957 e. The highest BCUT2D eigenvalue weighted by atomic mass is 32.1. The van der Waals surface area contributed by atoms with Crippen LogP contribution in [0.4, 0.5) is 0 Å². The van der Waals surface area contributed by atoms with Crippen LogP contribution in [-0.4, -0.2) is 11.0 Å². The van der Waals surface area contributed by atoms with Crippen LogP contribution in [0.3, 0.4) is 0 Å². The van der Waals surface area contributed by atoms with Crippen molar-refractivity contribution in [1.82, 2.24) is 10.3 Å². The highest BCUT2D eigenvalue weighted by Gasteiger charge is 2.16. The molecule has 2 rings (SSSR count). The second-order valence-electron chi connectivity index (χ2n) is 5.29. The number of aryl methyl sites for hydroxylation is 1. The van der Waals surface area contributed by atoms with Crippen LogP contribution in [0.5, 0.6) is 0 Å². The Balaban J connectivity index is 1.98. The summed E-state index contributed by atoms with van der Waals surface area (Å²) in [4.78, 5) is 6.21. The Hall–Kier alpha value is -0.410. The molecule has 1 aliphatic rings. The fraction of sp³-hybridized carbons (Fsp3) is 0.786. The number of thiazole rings is 1. The molecule has 1 aromatic heterocycles. The largest absolute Gasteiger partial charge is 0.309 e. The summed E-state index contributed by atoms with van der Waals surface area (Å²) in [6.45, 7) is 7.69. The van der Waals surface area contributed by atoms with Gasteiger partial charge in [-0.15, -0.1) is 11.3 Å². The molecule has 0 bridgehead atoms. The van der Waals surface area contributed by atoms with E-state index in [1.165, 1.54) is 41.3 Å². The third kappa shape index (κ3) is 3.29. The van der Waals surface area contributed by atoms with E-state index < -0.39 is 0 Å². The summed E-state index contributed by atoms with van der Waals surface area (Å²) in [5.41, 5.74) is 1.31. The molecule has 1 aromatic rings. The van der Waals surface area contributed by atoms with Crippen molar-refractivity contribution in [2.75, 3.05) is 0 Å². The zero-order chi connectivity index (χ0) is 12.3. The van der Waals surface area contributed by atoms with Gasteiger partial charge < -0.3 is 5.32 Å². The lowest BCUT2D eigenvalue weighted by Gasteiger charge is -2.10. The molecule has 96 valence electrons. The Morgan fingerprint density at radius 2 is 2.06 bits per heavy atom. The van der Waals surface area contributed by atoms with Crippen LogP contribution in [0.15, 0.2) is 0 Å². The summed E-state index contributed by atoms with van der Waals surface area (Å²) in [5.74, 6) is 0.561. The summed E-state index contributed by atoms with van der Waals surface area (Å²) in [6.07, 6.45) is 6.58. The van der Waals surface area contributed by atoms with E-state index in [4.69, 9.17) is 4.98 Å². The minimum Gasteiger partial charge on any atom is -0.309 e. The minimum absolute atomic E-state index is 0.561. The number of nitrogens with one attached hydrogen (secondary N) is 1. The van der Waals surface area contributed by atoms with E-state index in [9.17, 15) is 0 Å². The molecule has 2 nitrogen and oxygen atoms in total. The van der Waals surface area contributed by atoms with Gasteiger partial charge in [0.15, 0.2) is 0 Å². The van der Waals surface area contributed by atoms with Crippen LogP contribution in [0.2, 0.25) is 0 Å². The number of hydrogen-bond acceptors (Lipinski definition) is 3. The van der Waals surface area contributed by atoms with Gasteiger partial charge in [0, 0.05) is 23.4 Å². The highest BCUT2D eigenvalue weighted by molar-refractivity contribution is 7.11. The lowest BCUT2D eigenvalue weighted by molar-refractivity contribution is 0.525. The molecule has 0 unspecified atom stereocenters. The van der Waals surface area contributed by atoms with E-state index in [0.717, 1.165) is 19.0 Å². The first-order chi connectivity index (χ1) is 8.20. The average Bonchev–Trinajstić information content (AvgIpc) is 2.95. The van der Waals surface area contributed by atoms with Crippen LogP contribution in [-0.2, 0) is 13.0 Å². The first kappa shape index (κ1) is 13.0. The van der Waals surface area contributed by atoms with Gasteiger partial charge in [-0.05, 0) is 19.3 Å².